The van der Waals surface area contributed by atoms with Gasteiger partial charge >= 0.3 is 0 Å². The Kier molecular flexibility index (Phi) is 5.59. The number of hydrazine groups is 1. The van der Waals surface area contributed by atoms with E-state index in [1.807, 2.05) is 0 Å². The molecule has 0 aromatic rings. The highest BCUT2D eigenvalue weighted by molar-refractivity contribution is 5.75. The SMILES string of the molecule is C[C@H](CCC(=O)NN)[C@H]1CC[C@H]2[C@@H]3CC[C@@H]4C[C@@H](O)CC[C@]4(C)[C@H]3CC[C@]12C. The fraction of sp³-hybridized carbons (Fsp3) is 0.958. The van der Waals surface area contributed by atoms with Gasteiger partial charge in [-0.1, -0.05) is 20.8 Å². The first kappa shape index (κ1) is 20.7. The molecule has 4 heteroatoms. The third-order valence-corrected chi connectivity index (χ3v) is 10.4. The number of rotatable bonds is 4. The van der Waals surface area contributed by atoms with E-state index in [0.29, 0.717) is 23.2 Å². The van der Waals surface area contributed by atoms with Gasteiger partial charge in [-0.2, -0.15) is 0 Å². The zero-order chi connectivity index (χ0) is 20.1. The zero-order valence-electron chi connectivity index (χ0n) is 18.3. The number of aliphatic hydroxyl groups is 1. The van der Waals surface area contributed by atoms with E-state index in [0.717, 1.165) is 48.9 Å². The van der Waals surface area contributed by atoms with Crippen LogP contribution in [0.15, 0.2) is 0 Å². The lowest BCUT2D eigenvalue weighted by molar-refractivity contribution is -0.129. The van der Waals surface area contributed by atoms with Gasteiger partial charge in [0.05, 0.1) is 6.10 Å². The number of carbonyl (C=O) groups excluding carboxylic acids is 1. The van der Waals surface area contributed by atoms with Gasteiger partial charge < -0.3 is 5.11 Å². The van der Waals surface area contributed by atoms with Gasteiger partial charge in [-0.3, -0.25) is 10.2 Å². The van der Waals surface area contributed by atoms with Crippen LogP contribution in [0.1, 0.15) is 91.4 Å². The monoisotopic (exact) mass is 390 g/mol. The van der Waals surface area contributed by atoms with E-state index >= 15 is 0 Å². The zero-order valence-corrected chi connectivity index (χ0v) is 18.3. The van der Waals surface area contributed by atoms with Gasteiger partial charge in [-0.15, -0.1) is 0 Å². The van der Waals surface area contributed by atoms with Crippen LogP contribution in [0, 0.1) is 46.3 Å². The maximum absolute atomic E-state index is 11.6. The predicted octanol–water partition coefficient (Wildman–Crippen LogP) is 4.41. The molecule has 9 atom stereocenters. The lowest BCUT2D eigenvalue weighted by atomic mass is 9.44. The summed E-state index contributed by atoms with van der Waals surface area (Å²) in [5.74, 6) is 9.97. The molecule has 0 radical (unpaired) electrons. The van der Waals surface area contributed by atoms with Gasteiger partial charge in [0.1, 0.15) is 0 Å². The molecule has 4 aliphatic rings. The van der Waals surface area contributed by atoms with E-state index in [2.05, 4.69) is 26.2 Å². The molecular formula is C24H42N2O2. The number of nitrogens with one attached hydrogen (secondary N) is 1. The van der Waals surface area contributed by atoms with Crippen LogP contribution in [0.25, 0.3) is 0 Å². The molecule has 0 aromatic heterocycles. The Balaban J connectivity index is 1.48. The normalized spacial score (nSPS) is 48.9. The second-order valence-electron chi connectivity index (χ2n) is 11.4. The molecule has 28 heavy (non-hydrogen) atoms. The Labute approximate surface area is 171 Å². The fourth-order valence-electron chi connectivity index (χ4n) is 8.84. The van der Waals surface area contributed by atoms with Gasteiger partial charge in [-0.25, -0.2) is 5.84 Å². The molecule has 0 saturated heterocycles. The third kappa shape index (κ3) is 3.23. The number of fused-ring (bicyclic) bond motifs is 5. The number of carbonyl (C=O) groups is 1. The van der Waals surface area contributed by atoms with Crippen LogP contribution in [-0.2, 0) is 4.79 Å². The van der Waals surface area contributed by atoms with Crippen molar-refractivity contribution in [2.24, 2.45) is 52.2 Å². The molecule has 4 saturated carbocycles. The standard InChI is InChI=1S/C24H42N2O2/c1-15(4-9-22(28)26-25)19-7-8-20-18-6-5-16-14-17(27)10-12-23(16,2)21(18)11-13-24(19,20)3/h15-21,27H,4-14,25H2,1-3H3,(H,26,28)/t15-,16-,17+,18+,19-,20+,21+,23+,24-/m1/s1. The van der Waals surface area contributed by atoms with Crippen molar-refractivity contribution in [3.05, 3.63) is 0 Å². The van der Waals surface area contributed by atoms with Gasteiger partial charge in [0.2, 0.25) is 5.91 Å². The first-order chi connectivity index (χ1) is 13.3. The molecule has 0 unspecified atom stereocenters. The molecule has 160 valence electrons. The van der Waals surface area contributed by atoms with Gasteiger partial charge in [0, 0.05) is 6.42 Å². The first-order valence-corrected chi connectivity index (χ1v) is 12.0. The molecule has 0 aliphatic heterocycles. The summed E-state index contributed by atoms with van der Waals surface area (Å²) in [6, 6.07) is 0. The predicted molar refractivity (Wildman–Crippen MR) is 112 cm³/mol. The largest absolute Gasteiger partial charge is 0.393 e. The van der Waals surface area contributed by atoms with E-state index in [-0.39, 0.29) is 12.0 Å². The Morgan fingerprint density at radius 1 is 1.07 bits per heavy atom. The first-order valence-electron chi connectivity index (χ1n) is 12.0. The van der Waals surface area contributed by atoms with Crippen LogP contribution in [-0.4, -0.2) is 17.1 Å². The Hall–Kier alpha value is -0.610. The third-order valence-electron chi connectivity index (χ3n) is 10.4. The van der Waals surface area contributed by atoms with Gasteiger partial charge in [0.15, 0.2) is 0 Å². The van der Waals surface area contributed by atoms with E-state index in [1.54, 1.807) is 0 Å². The quantitative estimate of drug-likeness (QED) is 0.378. The molecule has 0 bridgehead atoms. The molecule has 4 rings (SSSR count). The average molecular weight is 391 g/mol. The van der Waals surface area contributed by atoms with Crippen molar-refractivity contribution in [1.82, 2.24) is 5.43 Å². The molecule has 4 N–H and O–H groups in total. The number of aliphatic hydroxyl groups excluding tert-OH is 1. The van der Waals surface area contributed by atoms with Crippen LogP contribution in [0.2, 0.25) is 0 Å². The summed E-state index contributed by atoms with van der Waals surface area (Å²) in [6.45, 7) is 7.53. The van der Waals surface area contributed by atoms with Crippen LogP contribution in [0.4, 0.5) is 0 Å². The Morgan fingerprint density at radius 2 is 1.79 bits per heavy atom. The highest BCUT2D eigenvalue weighted by Crippen LogP contribution is 2.68. The summed E-state index contributed by atoms with van der Waals surface area (Å²) >= 11 is 0. The molecule has 0 heterocycles. The van der Waals surface area contributed by atoms with E-state index in [1.165, 1.54) is 44.9 Å². The minimum absolute atomic E-state index is 0.0269. The molecule has 4 aliphatic carbocycles. The molecule has 0 aromatic carbocycles. The summed E-state index contributed by atoms with van der Waals surface area (Å²) in [5, 5.41) is 10.2. The minimum atomic E-state index is -0.0501. The number of nitrogens with two attached hydrogens (primary N) is 1. The molecule has 1 amide bonds. The van der Waals surface area contributed by atoms with Crippen molar-refractivity contribution in [2.75, 3.05) is 0 Å². The molecule has 4 fully saturated rings. The maximum atomic E-state index is 11.6. The summed E-state index contributed by atoms with van der Waals surface area (Å²) < 4.78 is 0. The van der Waals surface area contributed by atoms with E-state index in [4.69, 9.17) is 5.84 Å². The van der Waals surface area contributed by atoms with Crippen LogP contribution in [0.5, 0.6) is 0 Å². The van der Waals surface area contributed by atoms with Crippen molar-refractivity contribution in [3.63, 3.8) is 0 Å². The van der Waals surface area contributed by atoms with E-state index < -0.39 is 0 Å². The Morgan fingerprint density at radius 3 is 2.54 bits per heavy atom. The number of hydrogen-bond donors (Lipinski definition) is 3. The minimum Gasteiger partial charge on any atom is -0.393 e. The van der Waals surface area contributed by atoms with Crippen molar-refractivity contribution in [1.29, 1.82) is 0 Å². The number of hydrogen-bond acceptors (Lipinski definition) is 3. The summed E-state index contributed by atoms with van der Waals surface area (Å²) in [7, 11) is 0. The molecular weight excluding hydrogens is 348 g/mol. The lowest BCUT2D eigenvalue weighted by Crippen LogP contribution is -2.54. The summed E-state index contributed by atoms with van der Waals surface area (Å²) in [5.41, 5.74) is 3.21. The highest BCUT2D eigenvalue weighted by atomic mass is 16.3. The van der Waals surface area contributed by atoms with Crippen molar-refractivity contribution in [3.8, 4) is 0 Å². The van der Waals surface area contributed by atoms with Crippen LogP contribution >= 0.6 is 0 Å². The summed E-state index contributed by atoms with van der Waals surface area (Å²) in [6.07, 6.45) is 13.0. The smallest absolute Gasteiger partial charge is 0.233 e. The van der Waals surface area contributed by atoms with E-state index in [9.17, 15) is 9.90 Å². The fourth-order valence-corrected chi connectivity index (χ4v) is 8.84. The average Bonchev–Trinajstić information content (AvgIpc) is 3.03. The molecule has 4 nitrogen and oxygen atoms in total. The molecule has 0 spiro atoms. The van der Waals surface area contributed by atoms with Crippen LogP contribution < -0.4 is 11.3 Å². The van der Waals surface area contributed by atoms with Crippen molar-refractivity contribution in [2.45, 2.75) is 97.5 Å². The lowest BCUT2D eigenvalue weighted by Gasteiger charge is -2.61. The summed E-state index contributed by atoms with van der Waals surface area (Å²) in [4.78, 5) is 11.6. The number of amides is 1. The van der Waals surface area contributed by atoms with Crippen LogP contribution in [0.3, 0.4) is 0 Å². The van der Waals surface area contributed by atoms with Gasteiger partial charge in [0.25, 0.3) is 0 Å². The Bertz CT molecular complexity index is 595. The van der Waals surface area contributed by atoms with Gasteiger partial charge in [-0.05, 0) is 111 Å². The maximum Gasteiger partial charge on any atom is 0.233 e. The van der Waals surface area contributed by atoms with Crippen molar-refractivity contribution >= 4 is 5.91 Å². The van der Waals surface area contributed by atoms with Crippen molar-refractivity contribution < 1.29 is 9.90 Å². The topological polar surface area (TPSA) is 75.4 Å². The highest BCUT2D eigenvalue weighted by Gasteiger charge is 2.60. The second-order valence-corrected chi connectivity index (χ2v) is 11.4. The second kappa shape index (κ2) is 7.58.